The number of hydrogen-bond donors (Lipinski definition) is 0. The van der Waals surface area contributed by atoms with Gasteiger partial charge in [-0.15, -0.1) is 0 Å². The van der Waals surface area contributed by atoms with E-state index in [1.165, 1.54) is 5.56 Å². The normalized spacial score (nSPS) is 10.8. The Labute approximate surface area is 158 Å². The molecule has 0 saturated carbocycles. The van der Waals surface area contributed by atoms with Gasteiger partial charge in [-0.3, -0.25) is 0 Å². The van der Waals surface area contributed by atoms with Crippen molar-refractivity contribution in [3.05, 3.63) is 90.8 Å². The molecule has 5 nitrogen and oxygen atoms in total. The van der Waals surface area contributed by atoms with Crippen LogP contribution in [0.5, 0.6) is 5.75 Å². The van der Waals surface area contributed by atoms with Gasteiger partial charge in [0.05, 0.1) is 6.33 Å². The van der Waals surface area contributed by atoms with Crippen molar-refractivity contribution in [1.82, 2.24) is 14.5 Å². The average molecular weight is 359 g/mol. The molecule has 5 heteroatoms. The van der Waals surface area contributed by atoms with Gasteiger partial charge < -0.3 is 13.7 Å². The van der Waals surface area contributed by atoms with Crippen molar-refractivity contribution >= 4 is 0 Å². The van der Waals surface area contributed by atoms with E-state index < -0.39 is 0 Å². The molecule has 0 atom stereocenters. The molecule has 2 aromatic carbocycles. The van der Waals surface area contributed by atoms with E-state index in [1.807, 2.05) is 61.2 Å². The fourth-order valence-electron chi connectivity index (χ4n) is 2.88. The van der Waals surface area contributed by atoms with Crippen LogP contribution in [0, 0.1) is 0 Å². The van der Waals surface area contributed by atoms with Crippen molar-refractivity contribution in [1.29, 1.82) is 0 Å². The lowest BCUT2D eigenvalue weighted by Gasteiger charge is -2.06. The molecule has 0 amide bonds. The van der Waals surface area contributed by atoms with Crippen LogP contribution in [0.1, 0.15) is 17.7 Å². The maximum atomic E-state index is 5.82. The third-order valence-electron chi connectivity index (χ3n) is 4.32. The molecule has 2 heterocycles. The topological polar surface area (TPSA) is 53.1 Å². The van der Waals surface area contributed by atoms with E-state index >= 15 is 0 Å². The Hall–Kier alpha value is -3.34. The number of aryl methyl sites for hydroxylation is 2. The number of benzene rings is 2. The van der Waals surface area contributed by atoms with Gasteiger partial charge in [-0.1, -0.05) is 30.3 Å². The van der Waals surface area contributed by atoms with Crippen molar-refractivity contribution < 1.29 is 9.15 Å². The summed E-state index contributed by atoms with van der Waals surface area (Å²) in [5.74, 6) is 1.44. The first kappa shape index (κ1) is 17.1. The zero-order valence-electron chi connectivity index (χ0n) is 15.0. The first-order valence-corrected chi connectivity index (χ1v) is 9.04. The molecule has 0 spiro atoms. The highest BCUT2D eigenvalue weighted by molar-refractivity contribution is 5.52. The van der Waals surface area contributed by atoms with Crippen LogP contribution >= 0.6 is 0 Å². The van der Waals surface area contributed by atoms with Gasteiger partial charge in [-0.25, -0.2) is 9.97 Å². The molecule has 0 saturated heterocycles. The Bertz CT molecular complexity index is 945. The fourth-order valence-corrected chi connectivity index (χ4v) is 2.88. The van der Waals surface area contributed by atoms with E-state index in [4.69, 9.17) is 9.15 Å². The van der Waals surface area contributed by atoms with Gasteiger partial charge in [0.1, 0.15) is 24.3 Å². The Morgan fingerprint density at radius 3 is 2.63 bits per heavy atom. The quantitative estimate of drug-likeness (QED) is 0.455. The SMILES string of the molecule is c1ccc(-c2nc(COc3ccc(CCCn4ccnc4)cc3)co2)cc1. The molecule has 0 fully saturated rings. The van der Waals surface area contributed by atoms with E-state index in [2.05, 4.69) is 26.7 Å². The number of oxazole rings is 1. The summed E-state index contributed by atoms with van der Waals surface area (Å²) in [6.07, 6.45) is 9.41. The summed E-state index contributed by atoms with van der Waals surface area (Å²) in [5, 5.41) is 0. The summed E-state index contributed by atoms with van der Waals surface area (Å²) in [7, 11) is 0. The summed E-state index contributed by atoms with van der Waals surface area (Å²) in [6, 6.07) is 18.1. The molecule has 0 aliphatic heterocycles. The second-order valence-corrected chi connectivity index (χ2v) is 6.35. The number of ether oxygens (including phenoxy) is 1. The van der Waals surface area contributed by atoms with Crippen LogP contribution in [0.15, 0.2) is 84.0 Å². The average Bonchev–Trinajstić information content (AvgIpc) is 3.40. The van der Waals surface area contributed by atoms with Gasteiger partial charge in [-0.2, -0.15) is 0 Å². The minimum Gasteiger partial charge on any atom is -0.487 e. The minimum atomic E-state index is 0.385. The highest BCUT2D eigenvalue weighted by Gasteiger charge is 2.07. The van der Waals surface area contributed by atoms with Crippen molar-refractivity contribution in [2.24, 2.45) is 0 Å². The molecule has 0 radical (unpaired) electrons. The van der Waals surface area contributed by atoms with Gasteiger partial charge in [0.2, 0.25) is 5.89 Å². The zero-order chi connectivity index (χ0) is 18.3. The maximum absolute atomic E-state index is 5.82. The molecule has 4 aromatic rings. The van der Waals surface area contributed by atoms with Crippen molar-refractivity contribution in [3.63, 3.8) is 0 Å². The zero-order valence-corrected chi connectivity index (χ0v) is 15.0. The molecule has 0 aliphatic rings. The van der Waals surface area contributed by atoms with E-state index in [-0.39, 0.29) is 0 Å². The summed E-state index contributed by atoms with van der Waals surface area (Å²) >= 11 is 0. The summed E-state index contributed by atoms with van der Waals surface area (Å²) in [5.41, 5.74) is 3.04. The summed E-state index contributed by atoms with van der Waals surface area (Å²) in [4.78, 5) is 8.54. The third-order valence-corrected chi connectivity index (χ3v) is 4.32. The van der Waals surface area contributed by atoms with Gasteiger partial charge in [0.25, 0.3) is 0 Å². The fraction of sp³-hybridized carbons (Fsp3) is 0.182. The highest BCUT2D eigenvalue weighted by Crippen LogP contribution is 2.19. The molecule has 0 aliphatic carbocycles. The molecule has 4 rings (SSSR count). The largest absolute Gasteiger partial charge is 0.487 e. The van der Waals surface area contributed by atoms with Crippen LogP contribution in [0.4, 0.5) is 0 Å². The number of rotatable bonds is 8. The number of hydrogen-bond acceptors (Lipinski definition) is 4. The van der Waals surface area contributed by atoms with Crippen LogP contribution in [-0.2, 0) is 19.6 Å². The first-order valence-electron chi connectivity index (χ1n) is 9.04. The predicted octanol–water partition coefficient (Wildman–Crippen LogP) is 4.75. The maximum Gasteiger partial charge on any atom is 0.226 e. The smallest absolute Gasteiger partial charge is 0.226 e. The minimum absolute atomic E-state index is 0.385. The number of nitrogens with zero attached hydrogens (tertiary/aromatic N) is 3. The predicted molar refractivity (Wildman–Crippen MR) is 103 cm³/mol. The Morgan fingerprint density at radius 1 is 1.00 bits per heavy atom. The van der Waals surface area contributed by atoms with Gasteiger partial charge >= 0.3 is 0 Å². The van der Waals surface area contributed by atoms with Crippen molar-refractivity contribution in [3.8, 4) is 17.2 Å². The molecule has 0 unspecified atom stereocenters. The van der Waals surface area contributed by atoms with E-state index in [9.17, 15) is 0 Å². The van der Waals surface area contributed by atoms with Gasteiger partial charge in [-0.05, 0) is 42.7 Å². The van der Waals surface area contributed by atoms with Crippen LogP contribution in [0.3, 0.4) is 0 Å². The highest BCUT2D eigenvalue weighted by atomic mass is 16.5. The molecule has 27 heavy (non-hydrogen) atoms. The lowest BCUT2D eigenvalue weighted by atomic mass is 10.1. The van der Waals surface area contributed by atoms with Crippen LogP contribution < -0.4 is 4.74 Å². The van der Waals surface area contributed by atoms with Gasteiger partial charge in [0.15, 0.2) is 0 Å². The number of imidazole rings is 1. The Balaban J connectivity index is 1.27. The standard InChI is InChI=1S/C22H21N3O2/c1-2-6-19(7-3-1)22-24-20(16-27-22)15-26-21-10-8-18(9-11-21)5-4-13-25-14-12-23-17-25/h1-3,6-12,14,16-17H,4-5,13,15H2. The number of aromatic nitrogens is 3. The Kier molecular flexibility index (Phi) is 5.29. The van der Waals surface area contributed by atoms with Crippen LogP contribution in [0.2, 0.25) is 0 Å². The molecule has 0 bridgehead atoms. The van der Waals surface area contributed by atoms with E-state index in [0.717, 1.165) is 36.4 Å². The first-order chi connectivity index (χ1) is 13.4. The summed E-state index contributed by atoms with van der Waals surface area (Å²) < 4.78 is 13.5. The Morgan fingerprint density at radius 2 is 1.85 bits per heavy atom. The third kappa shape index (κ3) is 4.64. The molecular weight excluding hydrogens is 338 g/mol. The molecular formula is C22H21N3O2. The van der Waals surface area contributed by atoms with E-state index in [1.54, 1.807) is 6.26 Å². The van der Waals surface area contributed by atoms with Crippen molar-refractivity contribution in [2.45, 2.75) is 26.0 Å². The molecule has 0 N–H and O–H groups in total. The summed E-state index contributed by atoms with van der Waals surface area (Å²) in [6.45, 7) is 1.37. The lowest BCUT2D eigenvalue weighted by molar-refractivity contribution is 0.301. The van der Waals surface area contributed by atoms with E-state index in [0.29, 0.717) is 12.5 Å². The molecule has 2 aromatic heterocycles. The monoisotopic (exact) mass is 359 g/mol. The van der Waals surface area contributed by atoms with Crippen LogP contribution in [-0.4, -0.2) is 14.5 Å². The van der Waals surface area contributed by atoms with Crippen LogP contribution in [0.25, 0.3) is 11.5 Å². The van der Waals surface area contributed by atoms with Gasteiger partial charge in [0, 0.05) is 24.5 Å². The molecule has 136 valence electrons. The second-order valence-electron chi connectivity index (χ2n) is 6.35. The van der Waals surface area contributed by atoms with Crippen molar-refractivity contribution in [2.75, 3.05) is 0 Å². The second kappa shape index (κ2) is 8.36. The lowest BCUT2D eigenvalue weighted by Crippen LogP contribution is -1.98.